The van der Waals surface area contributed by atoms with Crippen LogP contribution in [0.5, 0.6) is 5.75 Å². The lowest BCUT2D eigenvalue weighted by atomic mass is 10.1. The molecule has 0 saturated heterocycles. The second-order valence-electron chi connectivity index (χ2n) is 3.71. The molecule has 0 spiro atoms. The summed E-state index contributed by atoms with van der Waals surface area (Å²) in [6.07, 6.45) is 0.256. The van der Waals surface area contributed by atoms with Crippen LogP contribution < -0.4 is 5.73 Å². The third-order valence-corrected chi connectivity index (χ3v) is 1.94. The van der Waals surface area contributed by atoms with Crippen molar-refractivity contribution in [3.63, 3.8) is 0 Å². The van der Waals surface area contributed by atoms with E-state index in [1.54, 1.807) is 12.1 Å². The van der Waals surface area contributed by atoms with Crippen LogP contribution >= 0.6 is 0 Å². The predicted octanol–water partition coefficient (Wildman–Crippen LogP) is -0.538. The van der Waals surface area contributed by atoms with Crippen LogP contribution in [0.1, 0.15) is 12.5 Å². The number of ether oxygens (including phenoxy) is 1. The number of hydrogen-bond donors (Lipinski definition) is 3. The maximum atomic E-state index is 11.2. The van der Waals surface area contributed by atoms with E-state index in [1.807, 2.05) is 6.55 Å². The summed E-state index contributed by atoms with van der Waals surface area (Å²) in [5, 5.41) is 9.05. The highest BCUT2D eigenvalue weighted by Crippen LogP contribution is 2.11. The number of benzene rings is 1. The fraction of sp³-hybridized carbons (Fsp3) is 0.333. The van der Waals surface area contributed by atoms with E-state index in [-0.39, 0.29) is 12.2 Å². The summed E-state index contributed by atoms with van der Waals surface area (Å²) in [6, 6.07) is 5.41. The standard InChI is InChI=1S/C11H13NO4.CH6OSi/c1-7(13)16-11(15)10(12)6-8-2-4-9(14)5-3-8;1-3-2/h2-5,10,14H,6,12H2,1H3;2H,3H2,1H3. The Hall–Kier alpha value is -1.70. The van der Waals surface area contributed by atoms with Gasteiger partial charge in [-0.05, 0) is 24.1 Å². The van der Waals surface area contributed by atoms with E-state index in [2.05, 4.69) is 4.74 Å². The number of esters is 2. The van der Waals surface area contributed by atoms with Crippen molar-refractivity contribution in [2.45, 2.75) is 25.9 Å². The van der Waals surface area contributed by atoms with Gasteiger partial charge in [-0.15, -0.1) is 0 Å². The van der Waals surface area contributed by atoms with Gasteiger partial charge in [0.15, 0.2) is 9.76 Å². The number of carbonyl (C=O) groups excluding carboxylic acids is 2. The third-order valence-electron chi connectivity index (χ3n) is 1.94. The van der Waals surface area contributed by atoms with Gasteiger partial charge in [0.05, 0.1) is 0 Å². The first-order valence-corrected chi connectivity index (χ1v) is 7.82. The largest absolute Gasteiger partial charge is 0.508 e. The monoisotopic (exact) mass is 285 g/mol. The Labute approximate surface area is 114 Å². The predicted molar refractivity (Wildman–Crippen MR) is 73.2 cm³/mol. The third kappa shape index (κ3) is 8.09. The lowest BCUT2D eigenvalue weighted by molar-refractivity contribution is -0.159. The van der Waals surface area contributed by atoms with Crippen molar-refractivity contribution in [1.82, 2.24) is 0 Å². The van der Waals surface area contributed by atoms with E-state index in [0.29, 0.717) is 0 Å². The number of nitrogens with two attached hydrogens (primary N) is 1. The molecule has 7 heteroatoms. The van der Waals surface area contributed by atoms with Crippen LogP contribution in [0.4, 0.5) is 0 Å². The van der Waals surface area contributed by atoms with Gasteiger partial charge < -0.3 is 20.4 Å². The van der Waals surface area contributed by atoms with Gasteiger partial charge in [-0.1, -0.05) is 18.7 Å². The lowest BCUT2D eigenvalue weighted by Gasteiger charge is -2.09. The zero-order valence-corrected chi connectivity index (χ0v) is 12.4. The van der Waals surface area contributed by atoms with Crippen molar-refractivity contribution in [2.75, 3.05) is 0 Å². The molecule has 0 heterocycles. The molecule has 1 unspecified atom stereocenters. The molecule has 0 fully saturated rings. The summed E-state index contributed by atoms with van der Waals surface area (Å²) in [4.78, 5) is 29.4. The summed E-state index contributed by atoms with van der Waals surface area (Å²) in [7, 11) is -0.583. The van der Waals surface area contributed by atoms with Crippen LogP contribution in [0.15, 0.2) is 24.3 Å². The molecule has 0 radical (unpaired) electrons. The summed E-state index contributed by atoms with van der Waals surface area (Å²) < 4.78 is 4.36. The fourth-order valence-corrected chi connectivity index (χ4v) is 1.19. The second kappa shape index (κ2) is 9.26. The summed E-state index contributed by atoms with van der Waals surface area (Å²) in [5.41, 5.74) is 6.33. The molecule has 0 aliphatic rings. The molecule has 6 nitrogen and oxygen atoms in total. The molecular weight excluding hydrogens is 266 g/mol. The van der Waals surface area contributed by atoms with Crippen LogP contribution in [0.25, 0.3) is 0 Å². The van der Waals surface area contributed by atoms with Gasteiger partial charge in [0.2, 0.25) is 0 Å². The molecule has 0 aliphatic heterocycles. The zero-order valence-electron chi connectivity index (χ0n) is 11.0. The molecule has 19 heavy (non-hydrogen) atoms. The molecule has 1 rings (SSSR count). The molecule has 0 saturated carbocycles. The van der Waals surface area contributed by atoms with E-state index in [1.165, 1.54) is 12.1 Å². The number of phenolic OH excluding ortho intramolecular Hbond substituents is 1. The van der Waals surface area contributed by atoms with Gasteiger partial charge in [-0.25, -0.2) is 4.79 Å². The Kier molecular flexibility index (Phi) is 8.43. The average Bonchev–Trinajstić information content (AvgIpc) is 2.32. The maximum absolute atomic E-state index is 11.2. The van der Waals surface area contributed by atoms with Crippen LogP contribution in [-0.2, 0) is 20.7 Å². The number of carbonyl (C=O) groups is 2. The highest BCUT2D eigenvalue weighted by atomic mass is 28.2. The maximum Gasteiger partial charge on any atom is 0.330 e. The molecule has 0 bridgehead atoms. The summed E-state index contributed by atoms with van der Waals surface area (Å²) >= 11 is 0. The van der Waals surface area contributed by atoms with Gasteiger partial charge in [0.25, 0.3) is 0 Å². The molecule has 4 N–H and O–H groups in total. The van der Waals surface area contributed by atoms with Crippen LogP contribution in [0.3, 0.4) is 0 Å². The van der Waals surface area contributed by atoms with Gasteiger partial charge in [0.1, 0.15) is 11.8 Å². The number of phenols is 1. The average molecular weight is 285 g/mol. The van der Waals surface area contributed by atoms with E-state index in [9.17, 15) is 9.59 Å². The minimum atomic E-state index is -0.881. The normalized spacial score (nSPS) is 11.6. The van der Waals surface area contributed by atoms with Crippen molar-refractivity contribution >= 4 is 21.7 Å². The Morgan fingerprint density at radius 2 is 1.84 bits per heavy atom. The quantitative estimate of drug-likeness (QED) is 0.391. The Morgan fingerprint density at radius 3 is 2.26 bits per heavy atom. The molecule has 0 amide bonds. The van der Waals surface area contributed by atoms with Gasteiger partial charge in [0, 0.05) is 6.92 Å². The van der Waals surface area contributed by atoms with E-state index >= 15 is 0 Å². The first kappa shape index (κ1) is 17.3. The number of hydrogen-bond acceptors (Lipinski definition) is 6. The first-order valence-electron chi connectivity index (χ1n) is 5.77. The van der Waals surface area contributed by atoms with Crippen molar-refractivity contribution in [3.8, 4) is 5.75 Å². The molecule has 106 valence electrons. The number of rotatable bonds is 3. The van der Waals surface area contributed by atoms with Crippen molar-refractivity contribution < 1.29 is 24.2 Å². The second-order valence-corrected chi connectivity index (χ2v) is 4.34. The molecular formula is C12H19NO5Si. The van der Waals surface area contributed by atoms with Crippen molar-refractivity contribution in [1.29, 1.82) is 0 Å². The Bertz CT molecular complexity index is 407. The van der Waals surface area contributed by atoms with Crippen LogP contribution in [-0.4, -0.2) is 37.6 Å². The van der Waals surface area contributed by atoms with E-state index < -0.39 is 27.7 Å². The molecule has 1 atom stereocenters. The SMILES string of the molecule is CC(=O)OC(=O)C(N)Cc1ccc(O)cc1.C[SiH2]O. The lowest BCUT2D eigenvalue weighted by Crippen LogP contribution is -2.35. The Balaban J connectivity index is 0.000000982. The molecule has 1 aromatic carbocycles. The van der Waals surface area contributed by atoms with Crippen molar-refractivity contribution in [3.05, 3.63) is 29.8 Å². The van der Waals surface area contributed by atoms with E-state index in [4.69, 9.17) is 15.6 Å². The highest BCUT2D eigenvalue weighted by Gasteiger charge is 2.17. The summed E-state index contributed by atoms with van der Waals surface area (Å²) in [6.45, 7) is 2.96. The first-order chi connectivity index (χ1) is 8.90. The Morgan fingerprint density at radius 1 is 1.37 bits per heavy atom. The smallest absolute Gasteiger partial charge is 0.330 e. The topological polar surface area (TPSA) is 110 Å². The van der Waals surface area contributed by atoms with Gasteiger partial charge >= 0.3 is 11.9 Å². The minimum Gasteiger partial charge on any atom is -0.508 e. The zero-order chi connectivity index (χ0) is 14.8. The highest BCUT2D eigenvalue weighted by molar-refractivity contribution is 6.22. The molecule has 1 aromatic rings. The van der Waals surface area contributed by atoms with E-state index in [0.717, 1.165) is 12.5 Å². The molecule has 0 aliphatic carbocycles. The van der Waals surface area contributed by atoms with Crippen LogP contribution in [0.2, 0.25) is 6.55 Å². The van der Waals surface area contributed by atoms with Crippen molar-refractivity contribution in [2.24, 2.45) is 5.73 Å². The van der Waals surface area contributed by atoms with Gasteiger partial charge in [-0.3, -0.25) is 4.79 Å². The van der Waals surface area contributed by atoms with Gasteiger partial charge in [-0.2, -0.15) is 0 Å². The van der Waals surface area contributed by atoms with Crippen LogP contribution in [0, 0.1) is 0 Å². The summed E-state index contributed by atoms with van der Waals surface area (Å²) in [5.74, 6) is -1.28. The fourth-order valence-electron chi connectivity index (χ4n) is 1.19. The molecule has 0 aromatic heterocycles. The number of aromatic hydroxyl groups is 1. The minimum absolute atomic E-state index is 0.142.